The molecular formula is C15H24IN3O. The molecule has 0 aliphatic carbocycles. The van der Waals surface area contributed by atoms with Crippen molar-refractivity contribution in [3.63, 3.8) is 0 Å². The highest BCUT2D eigenvalue weighted by atomic mass is 127. The minimum Gasteiger partial charge on any atom is -0.494 e. The number of nitrogens with one attached hydrogen (secondary N) is 1. The Morgan fingerprint density at radius 2 is 2.05 bits per heavy atom. The maximum absolute atomic E-state index is 5.43. The van der Waals surface area contributed by atoms with Gasteiger partial charge in [-0.2, -0.15) is 0 Å². The number of nitrogens with zero attached hydrogens (tertiary/aromatic N) is 2. The van der Waals surface area contributed by atoms with Gasteiger partial charge in [-0.25, -0.2) is 0 Å². The monoisotopic (exact) mass is 389 g/mol. The molecule has 20 heavy (non-hydrogen) atoms. The summed E-state index contributed by atoms with van der Waals surface area (Å²) in [6.45, 7) is 7.87. The van der Waals surface area contributed by atoms with Gasteiger partial charge in [0.05, 0.1) is 6.61 Å². The van der Waals surface area contributed by atoms with Crippen LogP contribution in [0, 0.1) is 0 Å². The van der Waals surface area contributed by atoms with Gasteiger partial charge < -0.3 is 15.0 Å². The van der Waals surface area contributed by atoms with Crippen LogP contribution in [0.1, 0.15) is 12.5 Å². The van der Waals surface area contributed by atoms with Gasteiger partial charge in [0.25, 0.3) is 0 Å². The van der Waals surface area contributed by atoms with E-state index in [2.05, 4.69) is 33.9 Å². The lowest BCUT2D eigenvalue weighted by atomic mass is 10.2. The van der Waals surface area contributed by atoms with Crippen LogP contribution in [0.2, 0.25) is 0 Å². The molecule has 0 spiro atoms. The number of benzene rings is 1. The fourth-order valence-corrected chi connectivity index (χ4v) is 1.75. The highest BCUT2D eigenvalue weighted by molar-refractivity contribution is 14.0. The molecule has 1 aromatic rings. The molecule has 5 heteroatoms. The van der Waals surface area contributed by atoms with Crippen LogP contribution in [0.4, 0.5) is 0 Å². The van der Waals surface area contributed by atoms with Crippen LogP contribution in [-0.4, -0.2) is 38.1 Å². The van der Waals surface area contributed by atoms with Crippen molar-refractivity contribution < 1.29 is 4.74 Å². The molecule has 4 nitrogen and oxygen atoms in total. The Morgan fingerprint density at radius 3 is 2.55 bits per heavy atom. The topological polar surface area (TPSA) is 36.9 Å². The lowest BCUT2D eigenvalue weighted by molar-refractivity contribution is 0.340. The largest absolute Gasteiger partial charge is 0.494 e. The Hall–Kier alpha value is -1.24. The molecular weight excluding hydrogens is 365 g/mol. The van der Waals surface area contributed by atoms with Crippen LogP contribution in [0.3, 0.4) is 0 Å². The minimum absolute atomic E-state index is 0. The van der Waals surface area contributed by atoms with Gasteiger partial charge in [-0.1, -0.05) is 18.2 Å². The van der Waals surface area contributed by atoms with Crippen molar-refractivity contribution >= 4 is 29.9 Å². The summed E-state index contributed by atoms with van der Waals surface area (Å²) in [6, 6.07) is 8.13. The zero-order valence-corrected chi connectivity index (χ0v) is 14.8. The van der Waals surface area contributed by atoms with E-state index in [-0.39, 0.29) is 24.0 Å². The smallest absolute Gasteiger partial charge is 0.193 e. The SMILES string of the molecule is C=CCNC(=NC)N(C)Cc1ccc(OCC)cc1.I. The van der Waals surface area contributed by atoms with E-state index in [0.717, 1.165) is 18.3 Å². The average molecular weight is 389 g/mol. The molecule has 1 aromatic carbocycles. The first-order valence-electron chi connectivity index (χ1n) is 6.45. The van der Waals surface area contributed by atoms with Gasteiger partial charge in [0, 0.05) is 27.2 Å². The normalized spacial score (nSPS) is 10.4. The van der Waals surface area contributed by atoms with E-state index in [9.17, 15) is 0 Å². The summed E-state index contributed by atoms with van der Waals surface area (Å²) in [7, 11) is 3.79. The number of rotatable bonds is 6. The molecule has 1 N–H and O–H groups in total. The van der Waals surface area contributed by atoms with Crippen LogP contribution < -0.4 is 10.1 Å². The predicted molar refractivity (Wildman–Crippen MR) is 96.1 cm³/mol. The number of ether oxygens (including phenoxy) is 1. The summed E-state index contributed by atoms with van der Waals surface area (Å²) in [5.74, 6) is 1.76. The molecule has 0 unspecified atom stereocenters. The van der Waals surface area contributed by atoms with Crippen molar-refractivity contribution in [2.75, 3.05) is 27.2 Å². The first kappa shape index (κ1) is 18.8. The highest BCUT2D eigenvalue weighted by Crippen LogP contribution is 2.13. The molecule has 0 amide bonds. The number of aliphatic imine (C=N–C) groups is 1. The quantitative estimate of drug-likeness (QED) is 0.352. The molecule has 0 saturated carbocycles. The third kappa shape index (κ3) is 6.27. The summed E-state index contributed by atoms with van der Waals surface area (Å²) in [6.07, 6.45) is 1.82. The zero-order valence-electron chi connectivity index (χ0n) is 12.4. The Kier molecular flexibility index (Phi) is 9.88. The molecule has 112 valence electrons. The molecule has 0 aliphatic rings. The molecule has 0 radical (unpaired) electrons. The van der Waals surface area contributed by atoms with E-state index in [1.807, 2.05) is 32.2 Å². The summed E-state index contributed by atoms with van der Waals surface area (Å²) in [5.41, 5.74) is 1.22. The van der Waals surface area contributed by atoms with Crippen molar-refractivity contribution in [3.8, 4) is 5.75 Å². The molecule has 0 bridgehead atoms. The van der Waals surface area contributed by atoms with Crippen LogP contribution in [-0.2, 0) is 6.54 Å². The van der Waals surface area contributed by atoms with Crippen molar-refractivity contribution in [2.24, 2.45) is 4.99 Å². The second-order valence-corrected chi connectivity index (χ2v) is 4.15. The third-order valence-electron chi connectivity index (χ3n) is 2.63. The van der Waals surface area contributed by atoms with E-state index < -0.39 is 0 Å². The Morgan fingerprint density at radius 1 is 1.40 bits per heavy atom. The molecule has 0 atom stereocenters. The lowest BCUT2D eigenvalue weighted by Crippen LogP contribution is -2.38. The van der Waals surface area contributed by atoms with Crippen LogP contribution in [0.25, 0.3) is 0 Å². The van der Waals surface area contributed by atoms with Crippen LogP contribution in [0.5, 0.6) is 5.75 Å². The summed E-state index contributed by atoms with van der Waals surface area (Å²) >= 11 is 0. The maximum atomic E-state index is 5.43. The first-order chi connectivity index (χ1) is 9.21. The molecule has 0 aliphatic heterocycles. The predicted octanol–water partition coefficient (Wildman–Crippen LogP) is 2.90. The molecule has 0 aromatic heterocycles. The van der Waals surface area contributed by atoms with Gasteiger partial charge in [0.2, 0.25) is 0 Å². The zero-order chi connectivity index (χ0) is 14.1. The van der Waals surface area contributed by atoms with Crippen molar-refractivity contribution in [2.45, 2.75) is 13.5 Å². The molecule has 0 fully saturated rings. The van der Waals surface area contributed by atoms with Crippen molar-refractivity contribution in [3.05, 3.63) is 42.5 Å². The fraction of sp³-hybridized carbons (Fsp3) is 0.400. The molecule has 1 rings (SSSR count). The summed E-state index contributed by atoms with van der Waals surface area (Å²) < 4.78 is 5.43. The van der Waals surface area contributed by atoms with Crippen molar-refractivity contribution in [1.82, 2.24) is 10.2 Å². The van der Waals surface area contributed by atoms with Gasteiger partial charge in [0.1, 0.15) is 5.75 Å². The van der Waals surface area contributed by atoms with E-state index in [4.69, 9.17) is 4.74 Å². The van der Waals surface area contributed by atoms with E-state index in [1.54, 1.807) is 7.05 Å². The Balaban J connectivity index is 0.00000361. The van der Waals surface area contributed by atoms with Gasteiger partial charge >= 0.3 is 0 Å². The Bertz CT molecular complexity index is 418. The second-order valence-electron chi connectivity index (χ2n) is 4.15. The van der Waals surface area contributed by atoms with E-state index >= 15 is 0 Å². The standard InChI is InChI=1S/C15H23N3O.HI/c1-5-11-17-15(16-3)18(4)12-13-7-9-14(10-8-13)19-6-2;/h5,7-10H,1,6,11-12H2,2-4H3,(H,16,17);1H. The van der Waals surface area contributed by atoms with E-state index in [1.165, 1.54) is 5.56 Å². The number of halogens is 1. The van der Waals surface area contributed by atoms with Gasteiger partial charge in [0.15, 0.2) is 5.96 Å². The van der Waals surface area contributed by atoms with Crippen LogP contribution in [0.15, 0.2) is 41.9 Å². The number of guanidine groups is 1. The minimum atomic E-state index is 0. The van der Waals surface area contributed by atoms with Crippen molar-refractivity contribution in [1.29, 1.82) is 0 Å². The van der Waals surface area contributed by atoms with Gasteiger partial charge in [-0.3, -0.25) is 4.99 Å². The summed E-state index contributed by atoms with van der Waals surface area (Å²) in [4.78, 5) is 6.30. The molecule has 0 saturated heterocycles. The fourth-order valence-electron chi connectivity index (χ4n) is 1.75. The maximum Gasteiger partial charge on any atom is 0.193 e. The second kappa shape index (κ2) is 10.5. The first-order valence-corrected chi connectivity index (χ1v) is 6.45. The number of hydrogen-bond acceptors (Lipinski definition) is 2. The van der Waals surface area contributed by atoms with Crippen LogP contribution >= 0.6 is 24.0 Å². The summed E-state index contributed by atoms with van der Waals surface area (Å²) in [5, 5.41) is 3.20. The number of hydrogen-bond donors (Lipinski definition) is 1. The average Bonchev–Trinajstić information content (AvgIpc) is 2.42. The third-order valence-corrected chi connectivity index (χ3v) is 2.63. The lowest BCUT2D eigenvalue weighted by Gasteiger charge is -2.21. The van der Waals surface area contributed by atoms with E-state index in [0.29, 0.717) is 13.2 Å². The van der Waals surface area contributed by atoms with Gasteiger partial charge in [-0.15, -0.1) is 30.6 Å². The van der Waals surface area contributed by atoms with Gasteiger partial charge in [-0.05, 0) is 24.6 Å². The highest BCUT2D eigenvalue weighted by Gasteiger charge is 2.05. The molecule has 0 heterocycles. The Labute approximate surface area is 138 Å².